The van der Waals surface area contributed by atoms with Crippen molar-refractivity contribution in [3.63, 3.8) is 0 Å². The number of rotatable bonds is 12. The fourth-order valence-electron chi connectivity index (χ4n) is 7.00. The largest absolute Gasteiger partial charge is 0.456 e. The molecule has 0 bridgehead atoms. The van der Waals surface area contributed by atoms with E-state index in [1.165, 1.54) is 9.80 Å². The topological polar surface area (TPSA) is 93.2 Å². The van der Waals surface area contributed by atoms with Gasteiger partial charge in [0.25, 0.3) is 23.6 Å². The van der Waals surface area contributed by atoms with Crippen LogP contribution in [-0.4, -0.2) is 23.6 Å². The van der Waals surface area contributed by atoms with Crippen LogP contribution in [0.25, 0.3) is 0 Å². The summed E-state index contributed by atoms with van der Waals surface area (Å²) in [6, 6.07) is 39.6. The molecule has 0 aromatic heterocycles. The van der Waals surface area contributed by atoms with E-state index in [1.54, 1.807) is 72.8 Å². The van der Waals surface area contributed by atoms with Crippen LogP contribution in [0.3, 0.4) is 0 Å². The summed E-state index contributed by atoms with van der Waals surface area (Å²) in [6.07, 6.45) is 5.29. The first-order valence-corrected chi connectivity index (χ1v) is 17.8. The zero-order valence-electron chi connectivity index (χ0n) is 29.7. The molecule has 6 aromatic carbocycles. The van der Waals surface area contributed by atoms with Crippen LogP contribution in [-0.2, 0) is 19.3 Å². The first kappa shape index (κ1) is 34.7. The number of para-hydroxylation sites is 2. The van der Waals surface area contributed by atoms with Gasteiger partial charge in [0, 0.05) is 0 Å². The molecule has 6 aromatic rings. The number of nitrogens with zero attached hydrogens (tertiary/aromatic N) is 2. The van der Waals surface area contributed by atoms with Crippen molar-refractivity contribution in [1.82, 2.24) is 0 Å². The van der Waals surface area contributed by atoms with Crippen LogP contribution in [0.2, 0.25) is 0 Å². The molecule has 0 saturated heterocycles. The zero-order valence-corrected chi connectivity index (χ0v) is 29.7. The third-order valence-electron chi connectivity index (χ3n) is 9.66. The molecule has 8 nitrogen and oxygen atoms in total. The number of carbonyl (C=O) groups is 4. The van der Waals surface area contributed by atoms with Gasteiger partial charge in [-0.2, -0.15) is 0 Å². The predicted octanol–water partition coefficient (Wildman–Crippen LogP) is 9.92. The zero-order chi connectivity index (χ0) is 38.1. The van der Waals surface area contributed by atoms with Crippen molar-refractivity contribution in [2.45, 2.75) is 19.3 Å². The molecule has 0 atom stereocenters. The van der Waals surface area contributed by atoms with Gasteiger partial charge in [-0.1, -0.05) is 84.9 Å². The van der Waals surface area contributed by atoms with Crippen LogP contribution in [0.4, 0.5) is 11.4 Å². The summed E-state index contributed by atoms with van der Waals surface area (Å²) >= 11 is 0. The highest BCUT2D eigenvalue weighted by atomic mass is 16.5. The van der Waals surface area contributed by atoms with Crippen LogP contribution in [0, 0.1) is 0 Å². The van der Waals surface area contributed by atoms with Crippen molar-refractivity contribution in [1.29, 1.82) is 0 Å². The predicted molar refractivity (Wildman–Crippen MR) is 212 cm³/mol. The van der Waals surface area contributed by atoms with Gasteiger partial charge in [-0.25, -0.2) is 9.80 Å². The van der Waals surface area contributed by atoms with Crippen LogP contribution in [0.1, 0.15) is 63.7 Å². The third kappa shape index (κ3) is 6.40. The highest BCUT2D eigenvalue weighted by Crippen LogP contribution is 2.39. The Hall–Kier alpha value is -7.32. The minimum absolute atomic E-state index is 0.223. The molecule has 0 aliphatic carbocycles. The Morgan fingerprint density at radius 3 is 1.22 bits per heavy atom. The fourth-order valence-corrected chi connectivity index (χ4v) is 7.00. The molecule has 8 rings (SSSR count). The van der Waals surface area contributed by atoms with Crippen molar-refractivity contribution in [3.8, 4) is 23.0 Å². The molecule has 55 heavy (non-hydrogen) atoms. The monoisotopic (exact) mass is 722 g/mol. The van der Waals surface area contributed by atoms with Crippen molar-refractivity contribution in [3.05, 3.63) is 203 Å². The van der Waals surface area contributed by atoms with Gasteiger partial charge < -0.3 is 9.47 Å². The first-order chi connectivity index (χ1) is 26.9. The summed E-state index contributed by atoms with van der Waals surface area (Å²) < 4.78 is 12.4. The van der Waals surface area contributed by atoms with Gasteiger partial charge in [0.05, 0.1) is 33.6 Å². The second kappa shape index (κ2) is 14.6. The van der Waals surface area contributed by atoms with Crippen molar-refractivity contribution < 1.29 is 28.7 Å². The SMILES string of the molecule is C=CCc1ccccc1Oc1cccc2c1C(=O)N(c1ccc(Cc3ccc(N4C(=O)c5cccc(Oc6ccccc6CC=C)c5C4=O)cc3)cc1)C2=O. The van der Waals surface area contributed by atoms with E-state index >= 15 is 0 Å². The van der Waals surface area contributed by atoms with Crippen LogP contribution in [0.15, 0.2) is 159 Å². The van der Waals surface area contributed by atoms with Gasteiger partial charge in [-0.15, -0.1) is 13.2 Å². The molecule has 0 fully saturated rings. The number of fused-ring (bicyclic) bond motifs is 2. The van der Waals surface area contributed by atoms with Gasteiger partial charge in [-0.05, 0) is 102 Å². The Morgan fingerprint density at radius 1 is 0.436 bits per heavy atom. The number of carbonyl (C=O) groups excluding carboxylic acids is 4. The quantitative estimate of drug-likeness (QED) is 0.0923. The molecule has 0 saturated carbocycles. The second-order valence-electron chi connectivity index (χ2n) is 13.2. The number of ether oxygens (including phenoxy) is 2. The summed E-state index contributed by atoms with van der Waals surface area (Å²) in [5.74, 6) is 0.0709. The summed E-state index contributed by atoms with van der Waals surface area (Å²) in [7, 11) is 0. The van der Waals surface area contributed by atoms with Crippen LogP contribution >= 0.6 is 0 Å². The lowest BCUT2D eigenvalue weighted by Crippen LogP contribution is -2.29. The average Bonchev–Trinajstić information content (AvgIpc) is 3.62. The Labute approximate surface area is 318 Å². The molecule has 0 unspecified atom stereocenters. The van der Waals surface area contributed by atoms with E-state index in [9.17, 15) is 19.2 Å². The van der Waals surface area contributed by atoms with Gasteiger partial charge in [0.1, 0.15) is 23.0 Å². The maximum atomic E-state index is 13.7. The molecular weight excluding hydrogens is 689 g/mol. The molecule has 0 spiro atoms. The van der Waals surface area contributed by atoms with Gasteiger partial charge in [-0.3, -0.25) is 19.2 Å². The third-order valence-corrected chi connectivity index (χ3v) is 9.66. The minimum Gasteiger partial charge on any atom is -0.456 e. The molecule has 8 heteroatoms. The molecule has 268 valence electrons. The van der Waals surface area contributed by atoms with Crippen molar-refractivity contribution in [2.75, 3.05) is 9.80 Å². The molecule has 2 heterocycles. The normalized spacial score (nSPS) is 13.2. The summed E-state index contributed by atoms with van der Waals surface area (Å²) in [5, 5.41) is 0. The maximum Gasteiger partial charge on any atom is 0.269 e. The number of allylic oxidation sites excluding steroid dienone is 2. The molecular formula is C47H34N2O6. The highest BCUT2D eigenvalue weighted by Gasteiger charge is 2.40. The number of amides is 4. The number of benzene rings is 6. The molecule has 0 N–H and O–H groups in total. The number of hydrogen-bond acceptors (Lipinski definition) is 6. The summed E-state index contributed by atoms with van der Waals surface area (Å²) in [5.41, 5.74) is 5.61. The summed E-state index contributed by atoms with van der Waals surface area (Å²) in [4.78, 5) is 56.9. The van der Waals surface area contributed by atoms with Crippen molar-refractivity contribution >= 4 is 35.0 Å². The smallest absolute Gasteiger partial charge is 0.269 e. The number of hydrogen-bond donors (Lipinski definition) is 0. The van der Waals surface area contributed by atoms with E-state index in [2.05, 4.69) is 13.2 Å². The number of anilines is 2. The van der Waals surface area contributed by atoms with Crippen molar-refractivity contribution in [2.24, 2.45) is 0 Å². The standard InChI is InChI=1S/C47H34N2O6/c1-3-11-32-13-5-7-17-38(32)54-40-19-9-15-36-42(40)46(52)48(44(36)50)34-25-21-30(22-26-34)29-31-23-27-35(28-24-31)49-45(51)37-16-10-20-41(43(37)47(49)53)55-39-18-8-6-14-33(39)12-4-2/h3-10,13-28H,1-2,11-12,29H2. The maximum absolute atomic E-state index is 13.7. The van der Waals surface area contributed by atoms with E-state index in [1.807, 2.05) is 72.8 Å². The molecule has 2 aliphatic rings. The lowest BCUT2D eigenvalue weighted by atomic mass is 10.0. The Balaban J connectivity index is 0.965. The Morgan fingerprint density at radius 2 is 0.818 bits per heavy atom. The van der Waals surface area contributed by atoms with Gasteiger partial charge in [0.2, 0.25) is 0 Å². The van der Waals surface area contributed by atoms with E-state index in [4.69, 9.17) is 9.47 Å². The lowest BCUT2D eigenvalue weighted by Gasteiger charge is -2.16. The Kier molecular flexibility index (Phi) is 9.22. The minimum atomic E-state index is -0.454. The van der Waals surface area contributed by atoms with Crippen LogP contribution in [0.5, 0.6) is 23.0 Å². The second-order valence-corrected chi connectivity index (χ2v) is 13.2. The fraction of sp³-hybridized carbons (Fsp3) is 0.0638. The Bertz CT molecular complexity index is 2360. The van der Waals surface area contributed by atoms with E-state index in [-0.39, 0.29) is 22.3 Å². The molecule has 0 radical (unpaired) electrons. The highest BCUT2D eigenvalue weighted by molar-refractivity contribution is 6.36. The van der Waals surface area contributed by atoms with Crippen LogP contribution < -0.4 is 19.3 Å². The average molecular weight is 723 g/mol. The molecule has 4 amide bonds. The summed E-state index contributed by atoms with van der Waals surface area (Å²) in [6.45, 7) is 7.63. The van der Waals surface area contributed by atoms with Gasteiger partial charge in [0.15, 0.2) is 0 Å². The van der Waals surface area contributed by atoms with E-state index < -0.39 is 23.6 Å². The lowest BCUT2D eigenvalue weighted by molar-refractivity contribution is 0.0909. The first-order valence-electron chi connectivity index (χ1n) is 17.8. The number of imide groups is 2. The molecule has 2 aliphatic heterocycles. The van der Waals surface area contributed by atoms with Gasteiger partial charge >= 0.3 is 0 Å². The van der Waals surface area contributed by atoms with E-state index in [0.29, 0.717) is 53.6 Å². The van der Waals surface area contributed by atoms with E-state index in [0.717, 1.165) is 22.3 Å².